The van der Waals surface area contributed by atoms with Crippen LogP contribution in [-0.4, -0.2) is 49.6 Å². The van der Waals surface area contributed by atoms with Crippen LogP contribution in [0.5, 0.6) is 0 Å². The summed E-state index contributed by atoms with van der Waals surface area (Å²) in [6.07, 6.45) is 5.47. The number of hydrogen-bond acceptors (Lipinski definition) is 8. The molecule has 10 nitrogen and oxygen atoms in total. The maximum Gasteiger partial charge on any atom is 0.281 e. The number of amides is 1. The number of benzene rings is 1. The van der Waals surface area contributed by atoms with Gasteiger partial charge in [0.2, 0.25) is 0 Å². The van der Waals surface area contributed by atoms with Gasteiger partial charge in [-0.05, 0) is 50.5 Å². The number of anilines is 2. The molecule has 1 aliphatic rings. The van der Waals surface area contributed by atoms with Crippen molar-refractivity contribution in [3.8, 4) is 0 Å². The van der Waals surface area contributed by atoms with Crippen LogP contribution in [0.1, 0.15) is 59.2 Å². The van der Waals surface area contributed by atoms with E-state index in [1.165, 1.54) is 11.9 Å². The maximum absolute atomic E-state index is 13.6. The van der Waals surface area contributed by atoms with Crippen LogP contribution in [0.3, 0.4) is 0 Å². The summed E-state index contributed by atoms with van der Waals surface area (Å²) in [6.45, 7) is 5.65. The van der Waals surface area contributed by atoms with Crippen LogP contribution in [0, 0.1) is 6.92 Å². The molecule has 2 N–H and O–H groups in total. The quantitative estimate of drug-likeness (QED) is 0.241. The summed E-state index contributed by atoms with van der Waals surface area (Å²) in [7, 11) is 3.73. The van der Waals surface area contributed by atoms with Crippen molar-refractivity contribution in [2.75, 3.05) is 29.6 Å². The Labute approximate surface area is 242 Å². The zero-order chi connectivity index (χ0) is 28.6. The first-order chi connectivity index (χ1) is 19.2. The summed E-state index contributed by atoms with van der Waals surface area (Å²) >= 11 is 7.29. The van der Waals surface area contributed by atoms with Gasteiger partial charge in [0.1, 0.15) is 11.0 Å². The standard InChI is InChI=1S/C28H33ClN8O2S/c1-16-14-19(17(2)30-21-6-7-22(29)31-25(21)27(38)34-40-5)24-20(15-16)28(39)36(4)26(32-24)18-8-12-37(13-9-18)23-10-11-35(3)33-23/h6-7,10-11,14-15,17-18,30H,8-9,12-13H2,1-5H3,(H,34,38). The van der Waals surface area contributed by atoms with Crippen LogP contribution in [0.15, 0.2) is 41.3 Å². The van der Waals surface area contributed by atoms with Crippen LogP contribution >= 0.6 is 23.5 Å². The second-order valence-corrected chi connectivity index (χ2v) is 11.2. The smallest absolute Gasteiger partial charge is 0.281 e. The predicted molar refractivity (Wildman–Crippen MR) is 161 cm³/mol. The second kappa shape index (κ2) is 11.5. The zero-order valence-corrected chi connectivity index (χ0v) is 24.8. The molecule has 0 spiro atoms. The summed E-state index contributed by atoms with van der Waals surface area (Å²) < 4.78 is 6.22. The van der Waals surface area contributed by atoms with Crippen molar-refractivity contribution in [2.45, 2.75) is 38.6 Å². The summed E-state index contributed by atoms with van der Waals surface area (Å²) in [5.41, 5.74) is 3.21. The lowest BCUT2D eigenvalue weighted by molar-refractivity contribution is 0.0980. The fourth-order valence-electron chi connectivity index (χ4n) is 5.38. The third kappa shape index (κ3) is 5.53. The van der Waals surface area contributed by atoms with Crippen molar-refractivity contribution < 1.29 is 4.79 Å². The number of aromatic nitrogens is 5. The van der Waals surface area contributed by atoms with E-state index >= 15 is 0 Å². The van der Waals surface area contributed by atoms with E-state index in [0.717, 1.165) is 48.7 Å². The third-order valence-corrected chi connectivity index (χ3v) is 7.98. The molecule has 4 heterocycles. The van der Waals surface area contributed by atoms with Crippen LogP contribution in [0.25, 0.3) is 10.9 Å². The fraction of sp³-hybridized carbons (Fsp3) is 0.393. The molecule has 1 saturated heterocycles. The Morgan fingerprint density at radius 1 is 1.15 bits per heavy atom. The zero-order valence-electron chi connectivity index (χ0n) is 23.2. The molecule has 40 heavy (non-hydrogen) atoms. The second-order valence-electron chi connectivity index (χ2n) is 10.2. The molecule has 1 unspecified atom stereocenters. The summed E-state index contributed by atoms with van der Waals surface area (Å²) in [5.74, 6) is 1.58. The topological polar surface area (TPSA) is 110 Å². The molecule has 4 aromatic rings. The van der Waals surface area contributed by atoms with Crippen molar-refractivity contribution >= 4 is 51.9 Å². The van der Waals surface area contributed by atoms with Gasteiger partial charge < -0.3 is 10.2 Å². The number of carbonyl (C=O) groups is 1. The Hall–Kier alpha value is -3.57. The average Bonchev–Trinajstić information content (AvgIpc) is 3.38. The Morgan fingerprint density at radius 3 is 2.58 bits per heavy atom. The summed E-state index contributed by atoms with van der Waals surface area (Å²) in [5, 5.41) is 8.76. The Kier molecular flexibility index (Phi) is 8.04. The number of fused-ring (bicyclic) bond motifs is 1. The molecule has 1 aromatic carbocycles. The number of nitrogens with one attached hydrogen (secondary N) is 2. The minimum absolute atomic E-state index is 0.0579. The molecule has 0 aliphatic carbocycles. The molecule has 5 rings (SSSR count). The van der Waals surface area contributed by atoms with Gasteiger partial charge >= 0.3 is 0 Å². The van der Waals surface area contributed by atoms with E-state index in [4.69, 9.17) is 16.6 Å². The molecule has 1 fully saturated rings. The van der Waals surface area contributed by atoms with E-state index in [9.17, 15) is 9.59 Å². The molecular formula is C28H33ClN8O2S. The van der Waals surface area contributed by atoms with E-state index in [1.54, 1.807) is 23.0 Å². The van der Waals surface area contributed by atoms with E-state index in [2.05, 4.69) is 25.0 Å². The van der Waals surface area contributed by atoms with Gasteiger partial charge in [0.15, 0.2) is 11.5 Å². The number of piperidine rings is 1. The molecule has 0 saturated carbocycles. The van der Waals surface area contributed by atoms with Crippen LogP contribution in [-0.2, 0) is 14.1 Å². The lowest BCUT2D eigenvalue weighted by Gasteiger charge is -2.32. The monoisotopic (exact) mass is 580 g/mol. The normalized spacial score (nSPS) is 14.9. The minimum atomic E-state index is -0.342. The van der Waals surface area contributed by atoms with Crippen molar-refractivity contribution in [1.29, 1.82) is 0 Å². The number of hydrogen-bond donors (Lipinski definition) is 2. The number of nitrogens with zero attached hydrogens (tertiary/aromatic N) is 6. The molecular weight excluding hydrogens is 548 g/mol. The molecule has 1 atom stereocenters. The van der Waals surface area contributed by atoms with Crippen LogP contribution in [0.2, 0.25) is 5.15 Å². The number of rotatable bonds is 7. The Balaban J connectivity index is 1.49. The van der Waals surface area contributed by atoms with Gasteiger partial charge in [0, 0.05) is 57.2 Å². The van der Waals surface area contributed by atoms with Gasteiger partial charge in [0.25, 0.3) is 11.5 Å². The highest BCUT2D eigenvalue weighted by Crippen LogP contribution is 2.32. The molecule has 12 heteroatoms. The first-order valence-corrected chi connectivity index (χ1v) is 14.8. The first kappa shape index (κ1) is 28.0. The van der Waals surface area contributed by atoms with Crippen molar-refractivity contribution in [1.82, 2.24) is 29.0 Å². The van der Waals surface area contributed by atoms with Gasteiger partial charge in [-0.1, -0.05) is 29.6 Å². The van der Waals surface area contributed by atoms with E-state index in [0.29, 0.717) is 16.6 Å². The van der Waals surface area contributed by atoms with E-state index < -0.39 is 0 Å². The van der Waals surface area contributed by atoms with Crippen molar-refractivity contribution in [3.63, 3.8) is 0 Å². The maximum atomic E-state index is 13.6. The van der Waals surface area contributed by atoms with E-state index in [-0.39, 0.29) is 34.3 Å². The third-order valence-electron chi connectivity index (χ3n) is 7.38. The molecule has 210 valence electrons. The Bertz CT molecular complexity index is 1630. The van der Waals surface area contributed by atoms with Gasteiger partial charge in [0.05, 0.1) is 22.6 Å². The number of carbonyl (C=O) groups excluding carboxylic acids is 1. The first-order valence-electron chi connectivity index (χ1n) is 13.2. The van der Waals surface area contributed by atoms with Gasteiger partial charge in [-0.2, -0.15) is 5.10 Å². The molecule has 0 radical (unpaired) electrons. The molecule has 3 aromatic heterocycles. The predicted octanol–water partition coefficient (Wildman–Crippen LogP) is 4.59. The molecule has 1 aliphatic heterocycles. The fourth-order valence-corrected chi connectivity index (χ4v) is 5.81. The van der Waals surface area contributed by atoms with Crippen molar-refractivity contribution in [3.05, 3.63) is 74.7 Å². The highest BCUT2D eigenvalue weighted by molar-refractivity contribution is 7.97. The van der Waals surface area contributed by atoms with Gasteiger partial charge in [-0.25, -0.2) is 9.97 Å². The number of halogens is 1. The number of pyridine rings is 1. The highest BCUT2D eigenvalue weighted by atomic mass is 35.5. The van der Waals surface area contributed by atoms with Gasteiger partial charge in [-0.3, -0.25) is 23.6 Å². The summed E-state index contributed by atoms with van der Waals surface area (Å²) in [6, 6.07) is 9.08. The Morgan fingerprint density at radius 2 is 1.90 bits per heavy atom. The average molecular weight is 581 g/mol. The number of aryl methyl sites for hydroxylation is 2. The van der Waals surface area contributed by atoms with Crippen molar-refractivity contribution in [2.24, 2.45) is 14.1 Å². The minimum Gasteiger partial charge on any atom is -0.377 e. The lowest BCUT2D eigenvalue weighted by Crippen LogP contribution is -2.35. The highest BCUT2D eigenvalue weighted by Gasteiger charge is 2.27. The lowest BCUT2D eigenvalue weighted by atomic mass is 9.94. The van der Waals surface area contributed by atoms with E-state index in [1.807, 2.05) is 57.0 Å². The largest absolute Gasteiger partial charge is 0.377 e. The molecule has 0 bridgehead atoms. The molecule has 1 amide bonds. The van der Waals surface area contributed by atoms with Gasteiger partial charge in [-0.15, -0.1) is 0 Å². The SMILES string of the molecule is CSNC(=O)c1nc(Cl)ccc1NC(C)c1cc(C)cc2c(=O)n(C)c(C3CCN(c4ccn(C)n4)CC3)nc12. The summed E-state index contributed by atoms with van der Waals surface area (Å²) in [4.78, 5) is 37.9. The van der Waals surface area contributed by atoms with Crippen LogP contribution < -0.4 is 20.5 Å². The van der Waals surface area contributed by atoms with Crippen LogP contribution in [0.4, 0.5) is 11.5 Å².